The van der Waals surface area contributed by atoms with Crippen molar-refractivity contribution in [2.75, 3.05) is 11.1 Å². The summed E-state index contributed by atoms with van der Waals surface area (Å²) in [7, 11) is 0. The monoisotopic (exact) mass is 330 g/mol. The first-order valence-corrected chi connectivity index (χ1v) is 8.47. The number of thioether (sulfide) groups is 1. The summed E-state index contributed by atoms with van der Waals surface area (Å²) in [5, 5.41) is 12.1. The van der Waals surface area contributed by atoms with Crippen LogP contribution in [-0.2, 0) is 0 Å². The quantitative estimate of drug-likeness (QED) is 0.530. The largest absolute Gasteiger partial charge is 0.359 e. The Bertz CT molecular complexity index is 767. The Balaban J connectivity index is 1.58. The van der Waals surface area contributed by atoms with Crippen LogP contribution < -0.4 is 5.32 Å². The number of carbonyl (C=O) groups excluding carboxylic acids is 1. The molecule has 0 radical (unpaired) electrons. The molecule has 3 aromatic rings. The van der Waals surface area contributed by atoms with Crippen LogP contribution in [0.4, 0.5) is 10.8 Å². The molecule has 0 saturated carbocycles. The minimum absolute atomic E-state index is 0.0541. The zero-order valence-corrected chi connectivity index (χ0v) is 13.5. The number of benzene rings is 1. The fraction of sp³-hybridized carbons (Fsp3) is 0.133. The van der Waals surface area contributed by atoms with E-state index >= 15 is 0 Å². The SMILES string of the molecule is Cc1cccc(Nc2nnc(SCC(=O)c3ccc[nH]3)s2)c1. The summed E-state index contributed by atoms with van der Waals surface area (Å²) in [6.07, 6.45) is 1.74. The number of nitrogens with one attached hydrogen (secondary N) is 2. The molecule has 3 rings (SSSR count). The van der Waals surface area contributed by atoms with E-state index in [0.29, 0.717) is 11.4 Å². The third-order valence-electron chi connectivity index (χ3n) is 2.90. The third kappa shape index (κ3) is 3.75. The van der Waals surface area contributed by atoms with Gasteiger partial charge in [0, 0.05) is 11.9 Å². The van der Waals surface area contributed by atoms with Crippen LogP contribution in [0.15, 0.2) is 46.9 Å². The molecule has 112 valence electrons. The lowest BCUT2D eigenvalue weighted by Crippen LogP contribution is -2.02. The molecule has 1 aromatic carbocycles. The van der Waals surface area contributed by atoms with E-state index in [1.807, 2.05) is 37.3 Å². The smallest absolute Gasteiger partial charge is 0.210 e. The second-order valence-corrected chi connectivity index (χ2v) is 6.86. The van der Waals surface area contributed by atoms with Crippen LogP contribution in [0, 0.1) is 6.92 Å². The van der Waals surface area contributed by atoms with Gasteiger partial charge in [0.05, 0.1) is 11.4 Å². The van der Waals surface area contributed by atoms with Crippen LogP contribution in [0.25, 0.3) is 0 Å². The molecule has 0 bridgehead atoms. The van der Waals surface area contributed by atoms with Gasteiger partial charge < -0.3 is 10.3 Å². The van der Waals surface area contributed by atoms with Crippen molar-refractivity contribution in [3.63, 3.8) is 0 Å². The molecule has 2 aromatic heterocycles. The van der Waals surface area contributed by atoms with Crippen molar-refractivity contribution in [2.24, 2.45) is 0 Å². The number of carbonyl (C=O) groups is 1. The third-order valence-corrected chi connectivity index (χ3v) is 4.87. The van der Waals surface area contributed by atoms with E-state index in [-0.39, 0.29) is 5.78 Å². The number of rotatable bonds is 6. The van der Waals surface area contributed by atoms with E-state index in [1.165, 1.54) is 28.7 Å². The number of aryl methyl sites for hydroxylation is 1. The molecular formula is C15H14N4OS2. The van der Waals surface area contributed by atoms with E-state index in [4.69, 9.17) is 0 Å². The van der Waals surface area contributed by atoms with Crippen molar-refractivity contribution in [2.45, 2.75) is 11.3 Å². The fourth-order valence-electron chi connectivity index (χ4n) is 1.87. The molecule has 0 aliphatic heterocycles. The van der Waals surface area contributed by atoms with Crippen LogP contribution >= 0.6 is 23.1 Å². The molecule has 2 heterocycles. The molecule has 0 aliphatic carbocycles. The summed E-state index contributed by atoms with van der Waals surface area (Å²) in [6.45, 7) is 2.04. The average Bonchev–Trinajstić information content (AvgIpc) is 3.16. The second-order valence-electron chi connectivity index (χ2n) is 4.66. The van der Waals surface area contributed by atoms with Gasteiger partial charge in [-0.05, 0) is 36.8 Å². The molecule has 0 aliphatic rings. The summed E-state index contributed by atoms with van der Waals surface area (Å²) in [4.78, 5) is 14.8. The van der Waals surface area contributed by atoms with Gasteiger partial charge in [-0.15, -0.1) is 10.2 Å². The molecular weight excluding hydrogens is 316 g/mol. The number of anilines is 2. The lowest BCUT2D eigenvalue weighted by molar-refractivity contribution is 0.101. The molecule has 0 fully saturated rings. The van der Waals surface area contributed by atoms with Gasteiger partial charge in [0.25, 0.3) is 0 Å². The number of Topliss-reactive ketones (excluding diaryl/α,β-unsaturated/α-hetero) is 1. The Morgan fingerprint density at radius 2 is 2.23 bits per heavy atom. The Hall–Kier alpha value is -2.12. The second kappa shape index (κ2) is 6.76. The molecule has 0 amide bonds. The highest BCUT2D eigenvalue weighted by atomic mass is 32.2. The lowest BCUT2D eigenvalue weighted by Gasteiger charge is -2.01. The minimum atomic E-state index is 0.0541. The Morgan fingerprint density at radius 3 is 3.00 bits per heavy atom. The average molecular weight is 330 g/mol. The predicted molar refractivity (Wildman–Crippen MR) is 90.2 cm³/mol. The molecule has 0 spiro atoms. The first kappa shape index (κ1) is 14.8. The number of hydrogen-bond acceptors (Lipinski definition) is 6. The number of ketones is 1. The topological polar surface area (TPSA) is 70.7 Å². The Kier molecular flexibility index (Phi) is 4.55. The van der Waals surface area contributed by atoms with Crippen molar-refractivity contribution >= 4 is 39.7 Å². The van der Waals surface area contributed by atoms with E-state index in [0.717, 1.165) is 15.2 Å². The lowest BCUT2D eigenvalue weighted by atomic mass is 10.2. The van der Waals surface area contributed by atoms with E-state index in [9.17, 15) is 4.79 Å². The van der Waals surface area contributed by atoms with Crippen molar-refractivity contribution in [1.29, 1.82) is 0 Å². The standard InChI is InChI=1S/C15H14N4OS2/c1-10-4-2-5-11(8-10)17-14-18-19-15(22-14)21-9-13(20)12-6-3-7-16-12/h2-8,16H,9H2,1H3,(H,17,18). The maximum Gasteiger partial charge on any atom is 0.210 e. The number of aromatic amines is 1. The van der Waals surface area contributed by atoms with Crippen LogP contribution in [0.3, 0.4) is 0 Å². The van der Waals surface area contributed by atoms with Gasteiger partial charge in [0.1, 0.15) is 0 Å². The molecule has 0 saturated heterocycles. The predicted octanol–water partition coefficient (Wildman–Crippen LogP) is 3.89. The number of aromatic nitrogens is 3. The van der Waals surface area contributed by atoms with Gasteiger partial charge in [-0.2, -0.15) is 0 Å². The first-order valence-electron chi connectivity index (χ1n) is 6.67. The maximum absolute atomic E-state index is 11.9. The van der Waals surface area contributed by atoms with Gasteiger partial charge in [-0.3, -0.25) is 4.79 Å². The minimum Gasteiger partial charge on any atom is -0.359 e. The zero-order chi connectivity index (χ0) is 15.4. The summed E-state index contributed by atoms with van der Waals surface area (Å²) >= 11 is 2.84. The van der Waals surface area contributed by atoms with E-state index in [2.05, 4.69) is 20.5 Å². The van der Waals surface area contributed by atoms with Crippen molar-refractivity contribution < 1.29 is 4.79 Å². The zero-order valence-electron chi connectivity index (χ0n) is 11.9. The number of H-pyrrole nitrogens is 1. The summed E-state index contributed by atoms with van der Waals surface area (Å²) in [5.41, 5.74) is 2.78. The van der Waals surface area contributed by atoms with Crippen molar-refractivity contribution in [1.82, 2.24) is 15.2 Å². The molecule has 5 nitrogen and oxygen atoms in total. The Labute approximate surface area is 136 Å². The Morgan fingerprint density at radius 1 is 1.32 bits per heavy atom. The summed E-state index contributed by atoms with van der Waals surface area (Å²) < 4.78 is 0.773. The fourth-order valence-corrected chi connectivity index (χ4v) is 3.53. The maximum atomic E-state index is 11.9. The van der Waals surface area contributed by atoms with Crippen LogP contribution in [-0.4, -0.2) is 26.7 Å². The van der Waals surface area contributed by atoms with Gasteiger partial charge in [0.15, 0.2) is 10.1 Å². The summed E-state index contributed by atoms with van der Waals surface area (Å²) in [5.74, 6) is 0.401. The summed E-state index contributed by atoms with van der Waals surface area (Å²) in [6, 6.07) is 11.6. The highest BCUT2D eigenvalue weighted by molar-refractivity contribution is 8.01. The van der Waals surface area contributed by atoms with Crippen molar-refractivity contribution in [3.05, 3.63) is 53.9 Å². The van der Waals surface area contributed by atoms with Gasteiger partial charge >= 0.3 is 0 Å². The normalized spacial score (nSPS) is 10.6. The van der Waals surface area contributed by atoms with Gasteiger partial charge in [-0.25, -0.2) is 0 Å². The van der Waals surface area contributed by atoms with Gasteiger partial charge in [0.2, 0.25) is 5.13 Å². The van der Waals surface area contributed by atoms with Gasteiger partial charge in [-0.1, -0.05) is 35.2 Å². The highest BCUT2D eigenvalue weighted by Gasteiger charge is 2.10. The first-order chi connectivity index (χ1) is 10.7. The highest BCUT2D eigenvalue weighted by Crippen LogP contribution is 2.28. The molecule has 0 atom stereocenters. The molecule has 7 heteroatoms. The van der Waals surface area contributed by atoms with Crippen LogP contribution in [0.2, 0.25) is 0 Å². The molecule has 0 unspecified atom stereocenters. The van der Waals surface area contributed by atoms with Crippen molar-refractivity contribution in [3.8, 4) is 0 Å². The van der Waals surface area contributed by atoms with Crippen LogP contribution in [0.5, 0.6) is 0 Å². The number of nitrogens with zero attached hydrogens (tertiary/aromatic N) is 2. The van der Waals surface area contributed by atoms with E-state index < -0.39 is 0 Å². The number of hydrogen-bond donors (Lipinski definition) is 2. The molecule has 2 N–H and O–H groups in total. The molecule has 22 heavy (non-hydrogen) atoms. The van der Waals surface area contributed by atoms with Crippen LogP contribution in [0.1, 0.15) is 16.1 Å². The van der Waals surface area contributed by atoms with E-state index in [1.54, 1.807) is 12.3 Å².